The maximum atomic E-state index is 5.89. The van der Waals surface area contributed by atoms with Crippen molar-refractivity contribution in [2.24, 2.45) is 10.8 Å². The molecule has 2 N–H and O–H groups in total. The second-order valence-electron chi connectivity index (χ2n) is 3.06. The van der Waals surface area contributed by atoms with Crippen LogP contribution in [0.2, 0.25) is 10.0 Å². The molecular formula is C9H9Cl2N3. The van der Waals surface area contributed by atoms with Gasteiger partial charge in [0.25, 0.3) is 0 Å². The molecule has 1 aromatic carbocycles. The van der Waals surface area contributed by atoms with Crippen molar-refractivity contribution in [2.45, 2.75) is 6.42 Å². The maximum Gasteiger partial charge on any atom is 0.122 e. The Morgan fingerprint density at radius 2 is 2.07 bits per heavy atom. The van der Waals surface area contributed by atoms with Gasteiger partial charge in [0.05, 0.1) is 15.7 Å². The fourth-order valence-corrected chi connectivity index (χ4v) is 1.60. The van der Waals surface area contributed by atoms with Crippen molar-refractivity contribution in [3.05, 3.63) is 28.2 Å². The number of hydrogen-bond acceptors (Lipinski definition) is 3. The van der Waals surface area contributed by atoms with E-state index in [4.69, 9.17) is 28.9 Å². The topological polar surface area (TPSA) is 41.6 Å². The molecule has 0 atom stereocenters. The van der Waals surface area contributed by atoms with E-state index < -0.39 is 0 Å². The summed E-state index contributed by atoms with van der Waals surface area (Å²) in [6.07, 6.45) is 0.792. The molecular weight excluding hydrogens is 221 g/mol. The van der Waals surface area contributed by atoms with Gasteiger partial charge in [-0.3, -0.25) is 5.01 Å². The molecule has 74 valence electrons. The van der Waals surface area contributed by atoms with Crippen molar-refractivity contribution in [3.63, 3.8) is 0 Å². The molecule has 0 spiro atoms. The van der Waals surface area contributed by atoms with Crippen LogP contribution < -0.4 is 10.7 Å². The molecule has 0 bridgehead atoms. The molecule has 2 rings (SSSR count). The van der Waals surface area contributed by atoms with Crippen LogP contribution in [0.5, 0.6) is 0 Å². The molecule has 1 heterocycles. The molecule has 0 aromatic heterocycles. The molecule has 5 heteroatoms. The van der Waals surface area contributed by atoms with Crippen LogP contribution in [0.25, 0.3) is 0 Å². The van der Waals surface area contributed by atoms with Crippen molar-refractivity contribution in [3.8, 4) is 0 Å². The minimum Gasteiger partial charge on any atom is -0.386 e. The standard InChI is InChI=1S/C9H9Cl2N3/c10-7-2-1-6(5-8(7)11)14-4-3-9(12)13-14/h1-2,5H,3-4H2,(H2,12,13). The number of benzene rings is 1. The lowest BCUT2D eigenvalue weighted by molar-refractivity contribution is 0.922. The first kappa shape index (κ1) is 9.62. The van der Waals surface area contributed by atoms with Crippen LogP contribution in [0, 0.1) is 0 Å². The van der Waals surface area contributed by atoms with Crippen LogP contribution in [-0.2, 0) is 0 Å². The Morgan fingerprint density at radius 3 is 2.64 bits per heavy atom. The van der Waals surface area contributed by atoms with E-state index in [0.717, 1.165) is 18.7 Å². The van der Waals surface area contributed by atoms with Crippen molar-refractivity contribution < 1.29 is 0 Å². The summed E-state index contributed by atoms with van der Waals surface area (Å²) in [4.78, 5) is 0. The summed E-state index contributed by atoms with van der Waals surface area (Å²) in [6.45, 7) is 0.795. The van der Waals surface area contributed by atoms with Gasteiger partial charge in [-0.05, 0) is 18.2 Å². The van der Waals surface area contributed by atoms with E-state index >= 15 is 0 Å². The smallest absolute Gasteiger partial charge is 0.122 e. The van der Waals surface area contributed by atoms with Crippen LogP contribution in [0.15, 0.2) is 23.3 Å². The quantitative estimate of drug-likeness (QED) is 0.805. The van der Waals surface area contributed by atoms with Crippen LogP contribution in [0.1, 0.15) is 6.42 Å². The average Bonchev–Trinajstić information content (AvgIpc) is 2.57. The van der Waals surface area contributed by atoms with Gasteiger partial charge in [-0.15, -0.1) is 0 Å². The predicted octanol–water partition coefficient (Wildman–Crippen LogP) is 2.48. The highest BCUT2D eigenvalue weighted by Crippen LogP contribution is 2.28. The van der Waals surface area contributed by atoms with E-state index in [2.05, 4.69) is 5.10 Å². The summed E-state index contributed by atoms with van der Waals surface area (Å²) in [7, 11) is 0. The SMILES string of the molecule is NC1=NN(c2ccc(Cl)c(Cl)c2)CC1. The highest BCUT2D eigenvalue weighted by atomic mass is 35.5. The number of nitrogens with zero attached hydrogens (tertiary/aromatic N) is 2. The largest absolute Gasteiger partial charge is 0.386 e. The number of hydrazone groups is 1. The molecule has 1 aromatic rings. The zero-order valence-corrected chi connectivity index (χ0v) is 8.89. The molecule has 14 heavy (non-hydrogen) atoms. The third kappa shape index (κ3) is 1.79. The summed E-state index contributed by atoms with van der Waals surface area (Å²) < 4.78 is 0. The fraction of sp³-hybridized carbons (Fsp3) is 0.222. The van der Waals surface area contributed by atoms with Crippen LogP contribution >= 0.6 is 23.2 Å². The van der Waals surface area contributed by atoms with Gasteiger partial charge in [-0.2, -0.15) is 5.10 Å². The van der Waals surface area contributed by atoms with Gasteiger partial charge >= 0.3 is 0 Å². The van der Waals surface area contributed by atoms with Crippen LogP contribution in [0.4, 0.5) is 5.69 Å². The lowest BCUT2D eigenvalue weighted by Gasteiger charge is -2.13. The van der Waals surface area contributed by atoms with Gasteiger partial charge in [0.2, 0.25) is 0 Å². The van der Waals surface area contributed by atoms with Crippen LogP contribution in [-0.4, -0.2) is 12.4 Å². The summed E-state index contributed by atoms with van der Waals surface area (Å²) in [5.74, 6) is 0.649. The van der Waals surface area contributed by atoms with Gasteiger partial charge in [-0.1, -0.05) is 23.2 Å². The van der Waals surface area contributed by atoms with Crippen molar-refractivity contribution in [2.75, 3.05) is 11.6 Å². The Labute approximate surface area is 92.1 Å². The first-order valence-electron chi connectivity index (χ1n) is 4.22. The lowest BCUT2D eigenvalue weighted by Crippen LogP contribution is -2.11. The molecule has 0 fully saturated rings. The molecule has 3 nitrogen and oxygen atoms in total. The molecule has 0 amide bonds. The van der Waals surface area contributed by atoms with E-state index in [1.165, 1.54) is 0 Å². The first-order chi connectivity index (χ1) is 6.66. The van der Waals surface area contributed by atoms with E-state index in [-0.39, 0.29) is 0 Å². The van der Waals surface area contributed by atoms with Gasteiger partial charge in [0.15, 0.2) is 0 Å². The monoisotopic (exact) mass is 229 g/mol. The van der Waals surface area contributed by atoms with Crippen LogP contribution in [0.3, 0.4) is 0 Å². The second-order valence-corrected chi connectivity index (χ2v) is 3.88. The minimum absolute atomic E-state index is 0.532. The Hall–Kier alpha value is -0.930. The first-order valence-corrected chi connectivity index (χ1v) is 4.98. The molecule has 0 unspecified atom stereocenters. The Bertz CT molecular complexity index is 390. The van der Waals surface area contributed by atoms with E-state index in [1.54, 1.807) is 12.1 Å². The molecule has 0 aliphatic carbocycles. The van der Waals surface area contributed by atoms with Crippen molar-refractivity contribution in [1.29, 1.82) is 0 Å². The summed E-state index contributed by atoms with van der Waals surface area (Å²) in [6, 6.07) is 5.41. The van der Waals surface area contributed by atoms with Gasteiger partial charge in [0.1, 0.15) is 5.84 Å². The molecule has 1 aliphatic heterocycles. The fourth-order valence-electron chi connectivity index (χ4n) is 1.31. The average molecular weight is 230 g/mol. The number of rotatable bonds is 1. The number of amidine groups is 1. The summed E-state index contributed by atoms with van der Waals surface area (Å²) in [5, 5.41) is 7.05. The maximum absolute atomic E-state index is 5.89. The van der Waals surface area contributed by atoms with E-state index in [0.29, 0.717) is 15.9 Å². The minimum atomic E-state index is 0.532. The Morgan fingerprint density at radius 1 is 1.29 bits per heavy atom. The van der Waals surface area contributed by atoms with Gasteiger partial charge in [-0.25, -0.2) is 0 Å². The number of halogens is 2. The van der Waals surface area contributed by atoms with Crippen molar-refractivity contribution >= 4 is 34.7 Å². The highest BCUT2D eigenvalue weighted by molar-refractivity contribution is 6.42. The normalized spacial score (nSPS) is 15.9. The van der Waals surface area contributed by atoms with Gasteiger partial charge < -0.3 is 5.73 Å². The third-order valence-electron chi connectivity index (χ3n) is 2.03. The number of anilines is 1. The van der Waals surface area contributed by atoms with Gasteiger partial charge in [0, 0.05) is 13.0 Å². The number of nitrogens with two attached hydrogens (primary N) is 1. The Balaban J connectivity index is 2.29. The lowest BCUT2D eigenvalue weighted by atomic mass is 10.3. The second kappa shape index (κ2) is 3.67. The Kier molecular flexibility index (Phi) is 2.52. The number of hydrogen-bond donors (Lipinski definition) is 1. The van der Waals surface area contributed by atoms with Crippen molar-refractivity contribution in [1.82, 2.24) is 0 Å². The predicted molar refractivity (Wildman–Crippen MR) is 60.0 cm³/mol. The third-order valence-corrected chi connectivity index (χ3v) is 2.77. The molecule has 0 saturated carbocycles. The van der Waals surface area contributed by atoms with E-state index in [9.17, 15) is 0 Å². The summed E-state index contributed by atoms with van der Waals surface area (Å²) >= 11 is 11.7. The zero-order chi connectivity index (χ0) is 10.1. The molecule has 1 aliphatic rings. The summed E-state index contributed by atoms with van der Waals surface area (Å²) in [5.41, 5.74) is 6.50. The zero-order valence-electron chi connectivity index (χ0n) is 7.37. The molecule has 0 saturated heterocycles. The highest BCUT2D eigenvalue weighted by Gasteiger charge is 2.14. The molecule has 0 radical (unpaired) electrons. The van der Waals surface area contributed by atoms with E-state index in [1.807, 2.05) is 11.1 Å².